The summed E-state index contributed by atoms with van der Waals surface area (Å²) in [4.78, 5) is 0. The van der Waals surface area contributed by atoms with Crippen molar-refractivity contribution in [1.82, 2.24) is 0 Å². The van der Waals surface area contributed by atoms with Gasteiger partial charge in [-0.3, -0.25) is 0 Å². The van der Waals surface area contributed by atoms with Crippen molar-refractivity contribution < 1.29 is 0 Å². The normalized spacial score (nSPS) is 15.6. The molecule has 2 aromatic carbocycles. The Hall–Kier alpha value is -0.990. The molecule has 3 heteroatoms. The third kappa shape index (κ3) is 1.67. The summed E-state index contributed by atoms with van der Waals surface area (Å²) < 4.78 is 1.01. The summed E-state index contributed by atoms with van der Waals surface area (Å²) in [7, 11) is 0. The number of hydrogen-bond donors (Lipinski definition) is 1. The van der Waals surface area contributed by atoms with E-state index in [1.807, 2.05) is 12.1 Å². The molecule has 3 rings (SSSR count). The van der Waals surface area contributed by atoms with E-state index in [1.54, 1.807) is 0 Å². The van der Waals surface area contributed by atoms with Gasteiger partial charge in [-0.05, 0) is 45.3 Å². The fourth-order valence-electron chi connectivity index (χ4n) is 2.61. The van der Waals surface area contributed by atoms with Gasteiger partial charge in [0.15, 0.2) is 0 Å². The van der Waals surface area contributed by atoms with Crippen LogP contribution in [0.4, 0.5) is 11.4 Å². The second-order valence-electron chi connectivity index (χ2n) is 5.11. The number of halogens is 2. The number of benzene rings is 2. The summed E-state index contributed by atoms with van der Waals surface area (Å²) in [6.45, 7) is 4.46. The highest BCUT2D eigenvalue weighted by atomic mass is 79.9. The molecule has 1 aliphatic heterocycles. The highest BCUT2D eigenvalue weighted by Gasteiger charge is 2.33. The smallest absolute Gasteiger partial charge is 0.0571 e. The maximum absolute atomic E-state index is 6.18. The van der Waals surface area contributed by atoms with Crippen molar-refractivity contribution in [3.05, 3.63) is 57.0 Å². The average molecular weight is 323 g/mol. The first-order chi connectivity index (χ1) is 8.50. The maximum atomic E-state index is 6.18. The van der Waals surface area contributed by atoms with Gasteiger partial charge < -0.3 is 5.32 Å². The Morgan fingerprint density at radius 3 is 2.61 bits per heavy atom. The maximum Gasteiger partial charge on any atom is 0.0571 e. The Morgan fingerprint density at radius 1 is 1.11 bits per heavy atom. The van der Waals surface area contributed by atoms with E-state index >= 15 is 0 Å². The van der Waals surface area contributed by atoms with Gasteiger partial charge in [-0.2, -0.15) is 0 Å². The Balaban J connectivity index is 2.31. The summed E-state index contributed by atoms with van der Waals surface area (Å²) in [5.41, 5.74) is 4.75. The first-order valence-electron chi connectivity index (χ1n) is 5.86. The minimum Gasteiger partial charge on any atom is -0.354 e. The van der Waals surface area contributed by atoms with Crippen LogP contribution < -0.4 is 5.32 Å². The minimum atomic E-state index is -0.0510. The second-order valence-corrected chi connectivity index (χ2v) is 6.40. The number of para-hydroxylation sites is 1. The number of hydrogen-bond acceptors (Lipinski definition) is 1. The van der Waals surface area contributed by atoms with Gasteiger partial charge in [0.25, 0.3) is 0 Å². The van der Waals surface area contributed by atoms with E-state index in [0.29, 0.717) is 0 Å². The van der Waals surface area contributed by atoms with Crippen LogP contribution in [0.25, 0.3) is 0 Å². The minimum absolute atomic E-state index is 0.0510. The van der Waals surface area contributed by atoms with Gasteiger partial charge in [-0.1, -0.05) is 43.6 Å². The molecule has 0 atom stereocenters. The largest absolute Gasteiger partial charge is 0.354 e. The summed E-state index contributed by atoms with van der Waals surface area (Å²) in [5.74, 6) is 0. The Bertz CT molecular complexity index is 634. The molecule has 92 valence electrons. The molecule has 0 fully saturated rings. The van der Waals surface area contributed by atoms with Crippen LogP contribution in [0.15, 0.2) is 40.9 Å². The fourth-order valence-corrected chi connectivity index (χ4v) is 3.52. The van der Waals surface area contributed by atoms with E-state index in [4.69, 9.17) is 11.6 Å². The third-order valence-electron chi connectivity index (χ3n) is 3.59. The van der Waals surface area contributed by atoms with Crippen molar-refractivity contribution in [2.45, 2.75) is 19.3 Å². The molecule has 1 heterocycles. The molecule has 0 aliphatic carbocycles. The van der Waals surface area contributed by atoms with Crippen LogP contribution in [0.1, 0.15) is 25.0 Å². The second kappa shape index (κ2) is 4.01. The predicted molar refractivity (Wildman–Crippen MR) is 81.0 cm³/mol. The molecular weight excluding hydrogens is 310 g/mol. The lowest BCUT2D eigenvalue weighted by Gasteiger charge is -2.36. The summed E-state index contributed by atoms with van der Waals surface area (Å²) >= 11 is 9.77. The standard InChI is InChI=1S/C15H13BrClN/c1-15(2)10-5-3-4-6-13(10)18-14-11(15)7-9(17)8-12(14)16/h3-8,18H,1-2H3. The van der Waals surface area contributed by atoms with Crippen LogP contribution in [-0.2, 0) is 5.41 Å². The molecule has 1 nitrogen and oxygen atoms in total. The van der Waals surface area contributed by atoms with Gasteiger partial charge in [-0.25, -0.2) is 0 Å². The Labute approximate surface area is 120 Å². The highest BCUT2D eigenvalue weighted by Crippen LogP contribution is 2.48. The molecule has 1 N–H and O–H groups in total. The number of anilines is 2. The first-order valence-corrected chi connectivity index (χ1v) is 7.03. The zero-order chi connectivity index (χ0) is 12.9. The summed E-state index contributed by atoms with van der Waals surface area (Å²) in [5, 5.41) is 4.25. The van der Waals surface area contributed by atoms with Crippen LogP contribution in [0.5, 0.6) is 0 Å². The van der Waals surface area contributed by atoms with Crippen molar-refractivity contribution in [3.8, 4) is 0 Å². The lowest BCUT2D eigenvalue weighted by molar-refractivity contribution is 0.637. The van der Waals surface area contributed by atoms with Gasteiger partial charge in [0, 0.05) is 20.6 Å². The molecule has 0 spiro atoms. The Morgan fingerprint density at radius 2 is 1.83 bits per heavy atom. The molecule has 1 aliphatic rings. The van der Waals surface area contributed by atoms with Crippen LogP contribution in [0, 0.1) is 0 Å². The molecule has 0 bridgehead atoms. The number of fused-ring (bicyclic) bond motifs is 2. The van der Waals surface area contributed by atoms with Gasteiger partial charge in [0.1, 0.15) is 0 Å². The van der Waals surface area contributed by atoms with E-state index in [-0.39, 0.29) is 5.41 Å². The topological polar surface area (TPSA) is 12.0 Å². The molecule has 0 unspecified atom stereocenters. The SMILES string of the molecule is CC1(C)c2ccccc2Nc2c(Br)cc(Cl)cc21. The molecule has 0 aromatic heterocycles. The van der Waals surface area contributed by atoms with Crippen LogP contribution in [-0.4, -0.2) is 0 Å². The van der Waals surface area contributed by atoms with Crippen molar-refractivity contribution in [2.75, 3.05) is 5.32 Å². The molecule has 0 saturated carbocycles. The molecule has 2 aromatic rings. The fraction of sp³-hybridized carbons (Fsp3) is 0.200. The lowest BCUT2D eigenvalue weighted by atomic mass is 9.74. The summed E-state index contributed by atoms with van der Waals surface area (Å²) in [6, 6.07) is 12.4. The quantitative estimate of drug-likeness (QED) is 0.676. The average Bonchev–Trinajstić information content (AvgIpc) is 2.31. The molecule has 0 amide bonds. The van der Waals surface area contributed by atoms with E-state index in [0.717, 1.165) is 20.9 Å². The molecule has 18 heavy (non-hydrogen) atoms. The van der Waals surface area contributed by atoms with Crippen molar-refractivity contribution in [2.24, 2.45) is 0 Å². The zero-order valence-corrected chi connectivity index (χ0v) is 12.6. The molecule has 0 radical (unpaired) electrons. The zero-order valence-electron chi connectivity index (χ0n) is 10.2. The predicted octanol–water partition coefficient (Wildman–Crippen LogP) is 5.49. The van der Waals surface area contributed by atoms with Crippen LogP contribution in [0.2, 0.25) is 5.02 Å². The van der Waals surface area contributed by atoms with Crippen LogP contribution in [0.3, 0.4) is 0 Å². The Kier molecular flexibility index (Phi) is 2.68. The molecule has 0 saturated heterocycles. The van der Waals surface area contributed by atoms with Crippen LogP contribution >= 0.6 is 27.5 Å². The number of nitrogens with one attached hydrogen (secondary N) is 1. The van der Waals surface area contributed by atoms with Gasteiger partial charge in [-0.15, -0.1) is 0 Å². The summed E-state index contributed by atoms with van der Waals surface area (Å²) in [6.07, 6.45) is 0. The third-order valence-corrected chi connectivity index (χ3v) is 4.43. The lowest BCUT2D eigenvalue weighted by Crippen LogP contribution is -2.26. The van der Waals surface area contributed by atoms with E-state index in [1.165, 1.54) is 11.1 Å². The molecular formula is C15H13BrClN. The van der Waals surface area contributed by atoms with Crippen molar-refractivity contribution >= 4 is 38.9 Å². The van der Waals surface area contributed by atoms with Gasteiger partial charge >= 0.3 is 0 Å². The number of rotatable bonds is 0. The van der Waals surface area contributed by atoms with Crippen molar-refractivity contribution in [3.63, 3.8) is 0 Å². The van der Waals surface area contributed by atoms with Gasteiger partial charge in [0.05, 0.1) is 5.69 Å². The van der Waals surface area contributed by atoms with Gasteiger partial charge in [0.2, 0.25) is 0 Å². The first kappa shape index (κ1) is 12.1. The van der Waals surface area contributed by atoms with E-state index < -0.39 is 0 Å². The highest BCUT2D eigenvalue weighted by molar-refractivity contribution is 9.10. The van der Waals surface area contributed by atoms with E-state index in [9.17, 15) is 0 Å². The van der Waals surface area contributed by atoms with Crippen molar-refractivity contribution in [1.29, 1.82) is 0 Å². The monoisotopic (exact) mass is 321 g/mol. The van der Waals surface area contributed by atoms with E-state index in [2.05, 4.69) is 59.4 Å².